The number of carbonyl (C=O) groups is 1. The molecule has 1 amide bonds. The van der Waals surface area contributed by atoms with Crippen molar-refractivity contribution < 1.29 is 4.79 Å². The molecule has 0 unspecified atom stereocenters. The summed E-state index contributed by atoms with van der Waals surface area (Å²) < 4.78 is 0. The number of pyridine rings is 1. The van der Waals surface area contributed by atoms with E-state index in [1.807, 2.05) is 30.3 Å². The molecule has 0 bridgehead atoms. The fourth-order valence-corrected chi connectivity index (χ4v) is 1.41. The zero-order valence-corrected chi connectivity index (χ0v) is 8.60. The fraction of sp³-hybridized carbons (Fsp3) is 0.0769. The molecule has 0 atom stereocenters. The summed E-state index contributed by atoms with van der Waals surface area (Å²) in [6, 6.07) is 11.2. The Morgan fingerprint density at radius 2 is 2.12 bits per heavy atom. The third-order valence-electron chi connectivity index (χ3n) is 2.18. The van der Waals surface area contributed by atoms with Crippen LogP contribution in [0.15, 0.2) is 36.4 Å². The third-order valence-corrected chi connectivity index (χ3v) is 2.18. The molecule has 78 valence electrons. The van der Waals surface area contributed by atoms with Gasteiger partial charge >= 0.3 is 0 Å². The first-order chi connectivity index (χ1) is 7.81. The topological polar surface area (TPSA) is 42.0 Å². The van der Waals surface area contributed by atoms with Crippen LogP contribution in [0.5, 0.6) is 0 Å². The number of hydrogen-bond donors (Lipinski definition) is 1. The summed E-state index contributed by atoms with van der Waals surface area (Å²) in [7, 11) is 0. The maximum Gasteiger partial charge on any atom is 0.270 e. The van der Waals surface area contributed by atoms with E-state index in [2.05, 4.69) is 16.2 Å². The van der Waals surface area contributed by atoms with Gasteiger partial charge in [0.15, 0.2) is 0 Å². The first-order valence-electron chi connectivity index (χ1n) is 4.89. The van der Waals surface area contributed by atoms with E-state index in [1.54, 1.807) is 6.07 Å². The van der Waals surface area contributed by atoms with E-state index < -0.39 is 0 Å². The number of terminal acetylenes is 1. The Morgan fingerprint density at radius 1 is 1.31 bits per heavy atom. The second kappa shape index (κ2) is 4.45. The molecule has 1 N–H and O–H groups in total. The van der Waals surface area contributed by atoms with E-state index >= 15 is 0 Å². The number of aromatic nitrogens is 1. The van der Waals surface area contributed by atoms with Crippen molar-refractivity contribution in [2.45, 2.75) is 0 Å². The highest BCUT2D eigenvalue weighted by molar-refractivity contribution is 5.94. The van der Waals surface area contributed by atoms with Gasteiger partial charge in [-0.2, -0.15) is 0 Å². The number of amides is 1. The van der Waals surface area contributed by atoms with Gasteiger partial charge in [-0.25, -0.2) is 4.98 Å². The Kier molecular flexibility index (Phi) is 2.84. The van der Waals surface area contributed by atoms with Crippen LogP contribution in [0.4, 0.5) is 0 Å². The van der Waals surface area contributed by atoms with Crippen molar-refractivity contribution >= 4 is 16.8 Å². The van der Waals surface area contributed by atoms with Gasteiger partial charge in [0, 0.05) is 5.39 Å². The second-order valence-corrected chi connectivity index (χ2v) is 3.28. The van der Waals surface area contributed by atoms with Crippen LogP contribution in [0.2, 0.25) is 0 Å². The Bertz CT molecular complexity index is 569. The Hall–Kier alpha value is -2.34. The van der Waals surface area contributed by atoms with Crippen molar-refractivity contribution in [3.05, 3.63) is 42.1 Å². The van der Waals surface area contributed by atoms with Gasteiger partial charge in [0.25, 0.3) is 5.91 Å². The Morgan fingerprint density at radius 3 is 2.94 bits per heavy atom. The number of carbonyl (C=O) groups excluding carboxylic acids is 1. The molecule has 0 aliphatic heterocycles. The molecule has 3 heteroatoms. The van der Waals surface area contributed by atoms with Gasteiger partial charge in [0.2, 0.25) is 0 Å². The fourth-order valence-electron chi connectivity index (χ4n) is 1.41. The molecule has 1 aromatic carbocycles. The zero-order valence-electron chi connectivity index (χ0n) is 8.60. The molecule has 3 nitrogen and oxygen atoms in total. The molecular formula is C13H10N2O. The lowest BCUT2D eigenvalue weighted by Gasteiger charge is -2.02. The number of fused-ring (bicyclic) bond motifs is 1. The lowest BCUT2D eigenvalue weighted by Crippen LogP contribution is -2.24. The molecule has 0 aliphatic rings. The molecule has 2 rings (SSSR count). The van der Waals surface area contributed by atoms with Crippen LogP contribution in [0.1, 0.15) is 10.5 Å². The summed E-state index contributed by atoms with van der Waals surface area (Å²) in [5.41, 5.74) is 1.19. The van der Waals surface area contributed by atoms with Crippen molar-refractivity contribution in [3.63, 3.8) is 0 Å². The predicted molar refractivity (Wildman–Crippen MR) is 62.9 cm³/mol. The molecule has 2 aromatic rings. The molecule has 1 heterocycles. The highest BCUT2D eigenvalue weighted by atomic mass is 16.1. The summed E-state index contributed by atoms with van der Waals surface area (Å²) in [6.07, 6.45) is 5.06. The maximum atomic E-state index is 11.6. The van der Waals surface area contributed by atoms with E-state index in [-0.39, 0.29) is 12.5 Å². The van der Waals surface area contributed by atoms with Gasteiger partial charge in [-0.05, 0) is 12.1 Å². The average Bonchev–Trinajstić information content (AvgIpc) is 2.35. The predicted octanol–water partition coefficient (Wildman–Crippen LogP) is 1.60. The number of benzene rings is 1. The number of nitrogens with zero attached hydrogens (tertiary/aromatic N) is 1. The average molecular weight is 210 g/mol. The number of rotatable bonds is 2. The quantitative estimate of drug-likeness (QED) is 0.765. The van der Waals surface area contributed by atoms with E-state index in [9.17, 15) is 4.79 Å². The minimum absolute atomic E-state index is 0.216. The number of hydrogen-bond acceptors (Lipinski definition) is 2. The maximum absolute atomic E-state index is 11.6. The minimum atomic E-state index is -0.247. The van der Waals surface area contributed by atoms with Crippen LogP contribution in [0.3, 0.4) is 0 Å². The van der Waals surface area contributed by atoms with E-state index in [0.717, 1.165) is 10.9 Å². The summed E-state index contributed by atoms with van der Waals surface area (Å²) in [5, 5.41) is 3.59. The van der Waals surface area contributed by atoms with Crippen LogP contribution in [0, 0.1) is 12.3 Å². The first-order valence-corrected chi connectivity index (χ1v) is 4.89. The van der Waals surface area contributed by atoms with Crippen molar-refractivity contribution in [1.29, 1.82) is 0 Å². The summed E-state index contributed by atoms with van der Waals surface area (Å²) in [6.45, 7) is 0.216. The van der Waals surface area contributed by atoms with E-state index in [1.165, 1.54) is 0 Å². The first kappa shape index (κ1) is 10.2. The normalized spacial score (nSPS) is 9.69. The zero-order chi connectivity index (χ0) is 11.4. The van der Waals surface area contributed by atoms with Crippen molar-refractivity contribution in [2.24, 2.45) is 0 Å². The molecule has 0 saturated carbocycles. The van der Waals surface area contributed by atoms with E-state index in [4.69, 9.17) is 6.42 Å². The molecule has 1 aromatic heterocycles. The number of nitrogens with one attached hydrogen (secondary N) is 1. The molecule has 0 spiro atoms. The molecular weight excluding hydrogens is 200 g/mol. The largest absolute Gasteiger partial charge is 0.340 e. The Labute approximate surface area is 93.5 Å². The van der Waals surface area contributed by atoms with Gasteiger partial charge in [0.1, 0.15) is 5.69 Å². The van der Waals surface area contributed by atoms with Crippen LogP contribution >= 0.6 is 0 Å². The van der Waals surface area contributed by atoms with Crippen molar-refractivity contribution in [2.75, 3.05) is 6.54 Å². The van der Waals surface area contributed by atoms with Crippen LogP contribution in [-0.2, 0) is 0 Å². The van der Waals surface area contributed by atoms with E-state index in [0.29, 0.717) is 5.69 Å². The van der Waals surface area contributed by atoms with Gasteiger partial charge in [-0.15, -0.1) is 6.42 Å². The van der Waals surface area contributed by atoms with Crippen LogP contribution in [0.25, 0.3) is 10.9 Å². The molecule has 0 aliphatic carbocycles. The van der Waals surface area contributed by atoms with Crippen molar-refractivity contribution in [1.82, 2.24) is 10.3 Å². The van der Waals surface area contributed by atoms with Gasteiger partial charge in [-0.1, -0.05) is 30.2 Å². The second-order valence-electron chi connectivity index (χ2n) is 3.28. The van der Waals surface area contributed by atoms with Gasteiger partial charge < -0.3 is 5.32 Å². The molecule has 0 saturated heterocycles. The van der Waals surface area contributed by atoms with Crippen LogP contribution in [-0.4, -0.2) is 17.4 Å². The smallest absolute Gasteiger partial charge is 0.270 e. The SMILES string of the molecule is C#CCNC(=O)c1ccc2ccccc2n1. The highest BCUT2D eigenvalue weighted by Gasteiger charge is 2.06. The summed E-state index contributed by atoms with van der Waals surface area (Å²) in [5.74, 6) is 2.10. The lowest BCUT2D eigenvalue weighted by molar-refractivity contribution is 0.0954. The summed E-state index contributed by atoms with van der Waals surface area (Å²) >= 11 is 0. The lowest BCUT2D eigenvalue weighted by atomic mass is 10.2. The van der Waals surface area contributed by atoms with Crippen LogP contribution < -0.4 is 5.32 Å². The molecule has 16 heavy (non-hydrogen) atoms. The molecule has 0 radical (unpaired) electrons. The van der Waals surface area contributed by atoms with Gasteiger partial charge in [-0.3, -0.25) is 4.79 Å². The monoisotopic (exact) mass is 210 g/mol. The molecule has 0 fully saturated rings. The third kappa shape index (κ3) is 2.01. The highest BCUT2D eigenvalue weighted by Crippen LogP contribution is 2.11. The Balaban J connectivity index is 2.33. The number of para-hydroxylation sites is 1. The standard InChI is InChI=1S/C13H10N2O/c1-2-9-14-13(16)12-8-7-10-5-3-4-6-11(10)15-12/h1,3-8H,9H2,(H,14,16). The summed E-state index contributed by atoms with van der Waals surface area (Å²) in [4.78, 5) is 15.8. The minimum Gasteiger partial charge on any atom is -0.340 e. The van der Waals surface area contributed by atoms with Gasteiger partial charge in [0.05, 0.1) is 12.1 Å². The van der Waals surface area contributed by atoms with Crippen molar-refractivity contribution in [3.8, 4) is 12.3 Å².